The molecule has 2 fully saturated rings. The molecule has 0 aromatic rings. The van der Waals surface area contributed by atoms with Crippen LogP contribution < -0.4 is 0 Å². The van der Waals surface area contributed by atoms with Crippen molar-refractivity contribution in [3.8, 4) is 0 Å². The van der Waals surface area contributed by atoms with Crippen molar-refractivity contribution < 1.29 is 9.47 Å². The number of hydrogen-bond acceptors (Lipinski definition) is 2. The molecule has 0 aromatic heterocycles. The minimum absolute atomic E-state index is 0.146. The average molecular weight is 328 g/mol. The van der Waals surface area contributed by atoms with Crippen LogP contribution in [-0.2, 0) is 9.47 Å². The van der Waals surface area contributed by atoms with Crippen LogP contribution in [0.3, 0.4) is 0 Å². The van der Waals surface area contributed by atoms with Crippen LogP contribution in [0.25, 0.3) is 0 Å². The molecule has 0 bridgehead atoms. The Morgan fingerprint density at radius 1 is 1.00 bits per heavy atom. The van der Waals surface area contributed by atoms with Crippen molar-refractivity contribution in [2.75, 3.05) is 13.2 Å². The number of rotatable bonds is 0. The molecule has 1 aliphatic carbocycles. The fraction of sp³-hybridized carbons (Fsp3) is 1.00. The Bertz CT molecular complexity index is 208. The van der Waals surface area contributed by atoms with E-state index in [2.05, 4.69) is 45.7 Å². The fourth-order valence-corrected chi connectivity index (χ4v) is 4.00. The van der Waals surface area contributed by atoms with Crippen LogP contribution >= 0.6 is 31.9 Å². The highest BCUT2D eigenvalue weighted by Gasteiger charge is 2.54. The van der Waals surface area contributed by atoms with Gasteiger partial charge in [0.25, 0.3) is 0 Å². The van der Waals surface area contributed by atoms with E-state index in [0.29, 0.717) is 9.65 Å². The highest BCUT2D eigenvalue weighted by molar-refractivity contribution is 9.10. The van der Waals surface area contributed by atoms with Crippen molar-refractivity contribution >= 4 is 31.9 Å². The largest absolute Gasteiger partial charge is 0.347 e. The average Bonchev–Trinajstić information content (AvgIpc) is 2.39. The van der Waals surface area contributed by atoms with Crippen LogP contribution in [0.2, 0.25) is 0 Å². The SMILES string of the molecule is CC1(C)COC2(OC1)C(Br)CCC2Br. The van der Waals surface area contributed by atoms with Crippen molar-refractivity contribution in [1.29, 1.82) is 0 Å². The van der Waals surface area contributed by atoms with E-state index in [1.807, 2.05) is 0 Å². The van der Waals surface area contributed by atoms with Gasteiger partial charge in [-0.1, -0.05) is 45.7 Å². The lowest BCUT2D eigenvalue weighted by atomic mass is 9.94. The minimum Gasteiger partial charge on any atom is -0.347 e. The summed E-state index contributed by atoms with van der Waals surface area (Å²) in [5.41, 5.74) is 0.146. The van der Waals surface area contributed by atoms with Gasteiger partial charge in [-0.25, -0.2) is 0 Å². The van der Waals surface area contributed by atoms with E-state index in [0.717, 1.165) is 26.1 Å². The molecule has 4 heteroatoms. The zero-order valence-corrected chi connectivity index (χ0v) is 11.7. The molecule has 0 aromatic carbocycles. The second-order valence-electron chi connectivity index (χ2n) is 4.98. The topological polar surface area (TPSA) is 18.5 Å². The molecule has 2 unspecified atom stereocenters. The van der Waals surface area contributed by atoms with Crippen molar-refractivity contribution in [3.05, 3.63) is 0 Å². The lowest BCUT2D eigenvalue weighted by Gasteiger charge is -2.44. The van der Waals surface area contributed by atoms with E-state index in [4.69, 9.17) is 9.47 Å². The highest BCUT2D eigenvalue weighted by atomic mass is 79.9. The maximum atomic E-state index is 5.95. The predicted octanol–water partition coefficient (Wildman–Crippen LogP) is 3.08. The number of ether oxygens (including phenoxy) is 2. The van der Waals surface area contributed by atoms with Crippen molar-refractivity contribution in [1.82, 2.24) is 0 Å². The van der Waals surface area contributed by atoms with E-state index in [1.54, 1.807) is 0 Å². The van der Waals surface area contributed by atoms with Crippen molar-refractivity contribution in [2.45, 2.75) is 42.1 Å². The molecule has 1 heterocycles. The number of alkyl halides is 2. The van der Waals surface area contributed by atoms with Gasteiger partial charge in [-0.05, 0) is 12.8 Å². The van der Waals surface area contributed by atoms with Gasteiger partial charge in [-0.15, -0.1) is 0 Å². The smallest absolute Gasteiger partial charge is 0.193 e. The molecule has 1 aliphatic heterocycles. The van der Waals surface area contributed by atoms with Gasteiger partial charge in [0.05, 0.1) is 22.9 Å². The summed E-state index contributed by atoms with van der Waals surface area (Å²) in [6, 6.07) is 0. The monoisotopic (exact) mass is 326 g/mol. The summed E-state index contributed by atoms with van der Waals surface area (Å²) in [5.74, 6) is -0.421. The summed E-state index contributed by atoms with van der Waals surface area (Å²) in [4.78, 5) is 0.631. The Morgan fingerprint density at radius 2 is 1.43 bits per heavy atom. The quantitative estimate of drug-likeness (QED) is 0.637. The molecule has 14 heavy (non-hydrogen) atoms. The lowest BCUT2D eigenvalue weighted by molar-refractivity contribution is -0.287. The Kier molecular flexibility index (Phi) is 3.02. The van der Waals surface area contributed by atoms with E-state index in [1.165, 1.54) is 0 Å². The van der Waals surface area contributed by atoms with Gasteiger partial charge in [0, 0.05) is 5.41 Å². The molecule has 1 saturated heterocycles. The zero-order valence-electron chi connectivity index (χ0n) is 8.56. The van der Waals surface area contributed by atoms with E-state index in [-0.39, 0.29) is 5.41 Å². The van der Waals surface area contributed by atoms with E-state index < -0.39 is 5.79 Å². The summed E-state index contributed by atoms with van der Waals surface area (Å²) < 4.78 is 11.9. The first-order valence-corrected chi connectivity index (χ1v) is 6.85. The van der Waals surface area contributed by atoms with Crippen molar-refractivity contribution in [2.24, 2.45) is 5.41 Å². The van der Waals surface area contributed by atoms with Gasteiger partial charge in [0.1, 0.15) is 0 Å². The standard InChI is InChI=1S/C10H16Br2O2/c1-9(2)5-13-10(14-6-9)7(11)3-4-8(10)12/h7-8H,3-6H2,1-2H3. The number of halogens is 2. The fourth-order valence-electron chi connectivity index (χ4n) is 1.95. The van der Waals surface area contributed by atoms with Gasteiger partial charge in [-0.3, -0.25) is 0 Å². The maximum absolute atomic E-state index is 5.95. The Morgan fingerprint density at radius 3 is 1.86 bits per heavy atom. The summed E-state index contributed by atoms with van der Waals surface area (Å²) >= 11 is 7.31. The van der Waals surface area contributed by atoms with Crippen LogP contribution in [0.15, 0.2) is 0 Å². The summed E-state index contributed by atoms with van der Waals surface area (Å²) in [6.45, 7) is 5.89. The third-order valence-corrected chi connectivity index (χ3v) is 5.12. The molecule has 1 saturated carbocycles. The van der Waals surface area contributed by atoms with Gasteiger partial charge >= 0.3 is 0 Å². The van der Waals surface area contributed by atoms with Gasteiger partial charge < -0.3 is 9.47 Å². The molecular weight excluding hydrogens is 312 g/mol. The molecule has 1 spiro atoms. The molecule has 2 nitrogen and oxygen atoms in total. The first-order chi connectivity index (χ1) is 6.46. The van der Waals surface area contributed by atoms with Crippen LogP contribution in [0.5, 0.6) is 0 Å². The summed E-state index contributed by atoms with van der Waals surface area (Å²) in [5, 5.41) is 0. The Hall–Kier alpha value is 0.880. The minimum atomic E-state index is -0.421. The van der Waals surface area contributed by atoms with Gasteiger partial charge in [0.2, 0.25) is 0 Å². The van der Waals surface area contributed by atoms with Gasteiger partial charge in [-0.2, -0.15) is 0 Å². The second kappa shape index (κ2) is 3.72. The Balaban J connectivity index is 2.11. The van der Waals surface area contributed by atoms with Gasteiger partial charge in [0.15, 0.2) is 5.79 Å². The molecule has 2 aliphatic rings. The van der Waals surface area contributed by atoms with Crippen LogP contribution in [-0.4, -0.2) is 28.7 Å². The van der Waals surface area contributed by atoms with Crippen LogP contribution in [0.4, 0.5) is 0 Å². The van der Waals surface area contributed by atoms with Crippen LogP contribution in [0, 0.1) is 5.41 Å². The first-order valence-electron chi connectivity index (χ1n) is 5.02. The maximum Gasteiger partial charge on any atom is 0.193 e. The molecule has 0 N–H and O–H groups in total. The lowest BCUT2D eigenvalue weighted by Crippen LogP contribution is -2.54. The Labute approximate surface area is 102 Å². The molecule has 2 atom stereocenters. The van der Waals surface area contributed by atoms with Crippen LogP contribution in [0.1, 0.15) is 26.7 Å². The zero-order chi connectivity index (χ0) is 10.4. The third kappa shape index (κ3) is 1.79. The molecule has 2 rings (SSSR count). The predicted molar refractivity (Wildman–Crippen MR) is 63.1 cm³/mol. The summed E-state index contributed by atoms with van der Waals surface area (Å²) in [7, 11) is 0. The normalized spacial score (nSPS) is 40.3. The van der Waals surface area contributed by atoms with E-state index in [9.17, 15) is 0 Å². The first kappa shape index (κ1) is 11.4. The molecule has 82 valence electrons. The third-order valence-electron chi connectivity index (χ3n) is 2.92. The van der Waals surface area contributed by atoms with Crippen molar-refractivity contribution in [3.63, 3.8) is 0 Å². The highest BCUT2D eigenvalue weighted by Crippen LogP contribution is 2.47. The number of hydrogen-bond donors (Lipinski definition) is 0. The molecule has 0 radical (unpaired) electrons. The molecule has 0 amide bonds. The molecular formula is C10H16Br2O2. The second-order valence-corrected chi connectivity index (χ2v) is 7.19. The summed E-state index contributed by atoms with van der Waals surface area (Å²) in [6.07, 6.45) is 2.21. The van der Waals surface area contributed by atoms with E-state index >= 15 is 0 Å².